The third-order valence-corrected chi connectivity index (χ3v) is 4.58. The van der Waals surface area contributed by atoms with Crippen LogP contribution in [0.1, 0.15) is 28.9 Å². The molecule has 1 aliphatic carbocycles. The van der Waals surface area contributed by atoms with Crippen molar-refractivity contribution in [3.05, 3.63) is 71.7 Å². The van der Waals surface area contributed by atoms with Crippen molar-refractivity contribution < 1.29 is 14.0 Å². The lowest BCUT2D eigenvalue weighted by atomic mass is 10.2. The van der Waals surface area contributed by atoms with Crippen LogP contribution in [0.4, 0.5) is 4.39 Å². The first-order valence-electron chi connectivity index (χ1n) is 8.55. The zero-order chi connectivity index (χ0) is 18.1. The summed E-state index contributed by atoms with van der Waals surface area (Å²) in [5.41, 5.74) is 6.62. The van der Waals surface area contributed by atoms with E-state index in [2.05, 4.69) is 10.9 Å². The number of fused-ring (bicyclic) bond motifs is 1. The first-order valence-corrected chi connectivity index (χ1v) is 8.55. The second-order valence-corrected chi connectivity index (χ2v) is 6.48. The van der Waals surface area contributed by atoms with E-state index in [4.69, 9.17) is 0 Å². The molecule has 1 aromatic heterocycles. The zero-order valence-electron chi connectivity index (χ0n) is 14.0. The molecule has 1 saturated carbocycles. The molecule has 0 radical (unpaired) electrons. The molecule has 26 heavy (non-hydrogen) atoms. The van der Waals surface area contributed by atoms with Gasteiger partial charge < -0.3 is 4.57 Å². The van der Waals surface area contributed by atoms with Crippen LogP contribution >= 0.6 is 0 Å². The van der Waals surface area contributed by atoms with Crippen molar-refractivity contribution >= 4 is 22.7 Å². The van der Waals surface area contributed by atoms with Gasteiger partial charge >= 0.3 is 0 Å². The first kappa shape index (κ1) is 16.3. The molecule has 0 bridgehead atoms. The number of nitrogens with one attached hydrogen (secondary N) is 2. The summed E-state index contributed by atoms with van der Waals surface area (Å²) in [6, 6.07) is 15.8. The minimum Gasteiger partial charge on any atom is -0.332 e. The van der Waals surface area contributed by atoms with Gasteiger partial charge in [-0.3, -0.25) is 20.4 Å². The van der Waals surface area contributed by atoms with Crippen molar-refractivity contribution in [2.24, 2.45) is 5.92 Å². The number of para-hydroxylation sites is 1. The second kappa shape index (κ2) is 6.63. The highest BCUT2D eigenvalue weighted by atomic mass is 19.1. The number of rotatable bonds is 4. The molecule has 0 saturated heterocycles. The van der Waals surface area contributed by atoms with Gasteiger partial charge in [-0.05, 0) is 31.0 Å². The Morgan fingerprint density at radius 2 is 1.77 bits per heavy atom. The molecule has 1 fully saturated rings. The summed E-state index contributed by atoms with van der Waals surface area (Å²) in [7, 11) is 0. The maximum Gasteiger partial charge on any atom is 0.286 e. The molecule has 2 aromatic carbocycles. The van der Waals surface area contributed by atoms with Gasteiger partial charge in [0.05, 0.1) is 6.54 Å². The quantitative estimate of drug-likeness (QED) is 0.710. The fourth-order valence-electron chi connectivity index (χ4n) is 3.00. The Bertz CT molecular complexity index is 992. The van der Waals surface area contributed by atoms with Crippen molar-refractivity contribution in [2.45, 2.75) is 19.4 Å². The van der Waals surface area contributed by atoms with Crippen LogP contribution in [0.5, 0.6) is 0 Å². The fraction of sp³-hybridized carbons (Fsp3) is 0.200. The Morgan fingerprint density at radius 3 is 2.54 bits per heavy atom. The van der Waals surface area contributed by atoms with E-state index >= 15 is 0 Å². The van der Waals surface area contributed by atoms with E-state index in [1.54, 1.807) is 28.8 Å². The van der Waals surface area contributed by atoms with E-state index in [0.717, 1.165) is 23.7 Å². The summed E-state index contributed by atoms with van der Waals surface area (Å²) in [6.45, 7) is 0.222. The summed E-state index contributed by atoms with van der Waals surface area (Å²) >= 11 is 0. The first-order chi connectivity index (χ1) is 12.6. The van der Waals surface area contributed by atoms with E-state index in [0.29, 0.717) is 11.3 Å². The number of hydrogen-bond acceptors (Lipinski definition) is 2. The van der Waals surface area contributed by atoms with E-state index in [9.17, 15) is 14.0 Å². The van der Waals surface area contributed by atoms with E-state index < -0.39 is 5.91 Å². The van der Waals surface area contributed by atoms with Gasteiger partial charge in [0.15, 0.2) is 0 Å². The third kappa shape index (κ3) is 3.18. The van der Waals surface area contributed by atoms with Crippen LogP contribution in [-0.2, 0) is 11.3 Å². The SMILES string of the molecule is O=C(NNC(=O)C1CC1)c1cc2ccccc2n1Cc1ccccc1F. The van der Waals surface area contributed by atoms with Gasteiger partial charge in [-0.1, -0.05) is 36.4 Å². The average Bonchev–Trinajstić information content (AvgIpc) is 3.44. The van der Waals surface area contributed by atoms with Crippen LogP contribution < -0.4 is 10.9 Å². The number of carbonyl (C=O) groups is 2. The molecule has 2 N–H and O–H groups in total. The molecule has 6 heteroatoms. The molecule has 1 heterocycles. The Kier molecular flexibility index (Phi) is 4.16. The van der Waals surface area contributed by atoms with Crippen molar-refractivity contribution in [3.63, 3.8) is 0 Å². The lowest BCUT2D eigenvalue weighted by Crippen LogP contribution is -2.43. The summed E-state index contributed by atoms with van der Waals surface area (Å²) in [6.07, 6.45) is 1.71. The Labute approximate surface area is 149 Å². The topological polar surface area (TPSA) is 63.1 Å². The highest BCUT2D eigenvalue weighted by molar-refractivity contribution is 5.99. The smallest absolute Gasteiger partial charge is 0.286 e. The average molecular weight is 351 g/mol. The molecular formula is C20H18FN3O2. The van der Waals surface area contributed by atoms with Crippen molar-refractivity contribution in [1.82, 2.24) is 15.4 Å². The Morgan fingerprint density at radius 1 is 1.04 bits per heavy atom. The van der Waals surface area contributed by atoms with Crippen molar-refractivity contribution in [1.29, 1.82) is 0 Å². The zero-order valence-corrected chi connectivity index (χ0v) is 14.0. The summed E-state index contributed by atoms with van der Waals surface area (Å²) in [5.74, 6) is -0.917. The number of amides is 2. The van der Waals surface area contributed by atoms with Crippen molar-refractivity contribution in [3.8, 4) is 0 Å². The Hall–Kier alpha value is -3.15. The molecular weight excluding hydrogens is 333 g/mol. The molecule has 0 atom stereocenters. The third-order valence-electron chi connectivity index (χ3n) is 4.58. The van der Waals surface area contributed by atoms with Gasteiger partial charge in [0.2, 0.25) is 5.91 Å². The largest absolute Gasteiger partial charge is 0.332 e. The van der Waals surface area contributed by atoms with Gasteiger partial charge in [-0.2, -0.15) is 0 Å². The maximum absolute atomic E-state index is 14.1. The molecule has 0 unspecified atom stereocenters. The van der Waals surface area contributed by atoms with Gasteiger partial charge in [0.1, 0.15) is 11.5 Å². The molecule has 2 amide bonds. The fourth-order valence-corrected chi connectivity index (χ4v) is 3.00. The summed E-state index contributed by atoms with van der Waals surface area (Å²) < 4.78 is 15.8. The van der Waals surface area contributed by atoms with Crippen LogP contribution in [0.2, 0.25) is 0 Å². The number of benzene rings is 2. The van der Waals surface area contributed by atoms with Gasteiger partial charge in [-0.15, -0.1) is 0 Å². The minimum absolute atomic E-state index is 0.000396. The van der Waals surface area contributed by atoms with Crippen LogP contribution in [-0.4, -0.2) is 16.4 Å². The summed E-state index contributed by atoms with van der Waals surface area (Å²) in [5, 5.41) is 0.877. The second-order valence-electron chi connectivity index (χ2n) is 6.48. The van der Waals surface area contributed by atoms with Gasteiger partial charge in [0.25, 0.3) is 5.91 Å². The highest BCUT2D eigenvalue weighted by Crippen LogP contribution is 2.28. The predicted octanol–water partition coefficient (Wildman–Crippen LogP) is 3.00. The van der Waals surface area contributed by atoms with E-state index in [1.807, 2.05) is 24.3 Å². The molecule has 1 aliphatic rings. The lowest BCUT2D eigenvalue weighted by molar-refractivity contribution is -0.123. The monoisotopic (exact) mass is 351 g/mol. The lowest BCUT2D eigenvalue weighted by Gasteiger charge is -2.12. The maximum atomic E-state index is 14.1. The van der Waals surface area contributed by atoms with Crippen LogP contribution in [0.25, 0.3) is 10.9 Å². The number of carbonyl (C=O) groups excluding carboxylic acids is 2. The number of nitrogens with zero attached hydrogens (tertiary/aromatic N) is 1. The number of aromatic nitrogens is 1. The van der Waals surface area contributed by atoms with Crippen LogP contribution in [0.3, 0.4) is 0 Å². The number of hydrazine groups is 1. The van der Waals surface area contributed by atoms with Crippen LogP contribution in [0, 0.1) is 11.7 Å². The predicted molar refractivity (Wildman–Crippen MR) is 95.8 cm³/mol. The molecule has 132 valence electrons. The van der Waals surface area contributed by atoms with Gasteiger partial charge in [0, 0.05) is 22.4 Å². The van der Waals surface area contributed by atoms with Crippen molar-refractivity contribution in [2.75, 3.05) is 0 Å². The molecule has 0 spiro atoms. The minimum atomic E-state index is -0.425. The Balaban J connectivity index is 1.65. The molecule has 0 aliphatic heterocycles. The van der Waals surface area contributed by atoms with E-state index in [-0.39, 0.29) is 24.2 Å². The normalized spacial score (nSPS) is 13.6. The van der Waals surface area contributed by atoms with E-state index in [1.165, 1.54) is 6.07 Å². The summed E-state index contributed by atoms with van der Waals surface area (Å²) in [4.78, 5) is 24.4. The molecule has 4 rings (SSSR count). The molecule has 5 nitrogen and oxygen atoms in total. The van der Waals surface area contributed by atoms with Crippen LogP contribution in [0.15, 0.2) is 54.6 Å². The van der Waals surface area contributed by atoms with Gasteiger partial charge in [-0.25, -0.2) is 4.39 Å². The molecule has 3 aromatic rings. The standard InChI is InChI=1S/C20H18FN3O2/c21-16-7-3-1-6-15(16)12-24-17-8-4-2-5-14(17)11-18(24)20(26)23-22-19(25)13-9-10-13/h1-8,11,13H,9-10,12H2,(H,22,25)(H,23,26). The highest BCUT2D eigenvalue weighted by Gasteiger charge is 2.30. The number of hydrogen-bond donors (Lipinski definition) is 2. The number of halogens is 1.